The first-order valence-electron chi connectivity index (χ1n) is 9.29. The molecule has 0 bridgehead atoms. The summed E-state index contributed by atoms with van der Waals surface area (Å²) in [6, 6.07) is 1.53. The molecule has 13 heteroatoms. The summed E-state index contributed by atoms with van der Waals surface area (Å²) < 4.78 is 36.5. The van der Waals surface area contributed by atoms with E-state index in [4.69, 9.17) is 10.5 Å². The lowest BCUT2D eigenvalue weighted by Gasteiger charge is -2.24. The Morgan fingerprint density at radius 1 is 1.27 bits per heavy atom. The lowest BCUT2D eigenvalue weighted by Crippen LogP contribution is -2.46. The Bertz CT molecular complexity index is 918. The summed E-state index contributed by atoms with van der Waals surface area (Å²) in [7, 11) is 0. The first kappa shape index (κ1) is 19.8. The molecule has 4 rings (SSSR count). The van der Waals surface area contributed by atoms with Crippen molar-refractivity contribution >= 4 is 23.5 Å². The number of nitrogens with zero attached hydrogens (tertiary/aromatic N) is 6. The van der Waals surface area contributed by atoms with E-state index >= 15 is 0 Å². The molecule has 0 spiro atoms. The predicted octanol–water partition coefficient (Wildman–Crippen LogP) is 0.287. The van der Waals surface area contributed by atoms with Gasteiger partial charge in [0.15, 0.2) is 11.6 Å². The van der Waals surface area contributed by atoms with Crippen LogP contribution in [-0.4, -0.2) is 71.0 Å². The molecule has 160 valence electrons. The molecule has 1 aromatic carbocycles. The van der Waals surface area contributed by atoms with Crippen LogP contribution >= 0.6 is 0 Å². The molecule has 3 amide bonds. The summed E-state index contributed by atoms with van der Waals surface area (Å²) in [4.78, 5) is 26.2. The summed E-state index contributed by atoms with van der Waals surface area (Å²) >= 11 is 0. The molecule has 0 unspecified atom stereocenters. The van der Waals surface area contributed by atoms with Crippen LogP contribution in [0.2, 0.25) is 0 Å². The third-order valence-corrected chi connectivity index (χ3v) is 4.91. The van der Waals surface area contributed by atoms with Gasteiger partial charge in [0, 0.05) is 38.0 Å². The smallest absolute Gasteiger partial charge is 0.414 e. The number of nitrogens with two attached hydrogens (primary N) is 1. The Labute approximate surface area is 169 Å². The van der Waals surface area contributed by atoms with Crippen LogP contribution in [0.1, 0.15) is 0 Å². The zero-order valence-corrected chi connectivity index (χ0v) is 15.9. The van der Waals surface area contributed by atoms with Crippen molar-refractivity contribution in [3.05, 3.63) is 36.2 Å². The molecule has 2 aromatic rings. The van der Waals surface area contributed by atoms with Gasteiger partial charge < -0.3 is 15.4 Å². The van der Waals surface area contributed by atoms with E-state index < -0.39 is 29.9 Å². The number of carbonyl (C=O) groups excluding carboxylic acids is 2. The molecule has 2 aliphatic rings. The van der Waals surface area contributed by atoms with Crippen LogP contribution < -0.4 is 21.0 Å². The maximum absolute atomic E-state index is 14.9. The number of hydrogen-bond donors (Lipinski definition) is 2. The number of rotatable bonds is 4. The first-order chi connectivity index (χ1) is 14.4. The highest BCUT2D eigenvalue weighted by Crippen LogP contribution is 2.31. The monoisotopic (exact) mass is 422 g/mol. The Balaban J connectivity index is 1.50. The lowest BCUT2D eigenvalue weighted by molar-refractivity contribution is 0.129. The van der Waals surface area contributed by atoms with Crippen molar-refractivity contribution in [1.29, 1.82) is 0 Å². The molecule has 0 radical (unpaired) electrons. The fourth-order valence-electron chi connectivity index (χ4n) is 3.52. The van der Waals surface area contributed by atoms with E-state index in [0.29, 0.717) is 0 Å². The van der Waals surface area contributed by atoms with Gasteiger partial charge in [-0.2, -0.15) is 0 Å². The number of amides is 3. The average molecular weight is 422 g/mol. The third kappa shape index (κ3) is 3.96. The molecular formula is C17H20F2N8O3. The minimum atomic E-state index is -0.815. The normalized spacial score (nSPS) is 19.7. The number of hydrogen-bond acceptors (Lipinski definition) is 7. The van der Waals surface area contributed by atoms with Crippen molar-refractivity contribution < 1.29 is 23.1 Å². The minimum Gasteiger partial charge on any atom is -0.442 e. The summed E-state index contributed by atoms with van der Waals surface area (Å²) in [5.41, 5.74) is 7.87. The van der Waals surface area contributed by atoms with Crippen LogP contribution in [0, 0.1) is 11.6 Å². The highest BCUT2D eigenvalue weighted by atomic mass is 19.1. The SMILES string of the molecule is NC(=O)N1CCN(c2c(F)cc(N3C[C@H](Cn4ccnn4)OC3=O)cc2F)CCN1. The van der Waals surface area contributed by atoms with Crippen LogP contribution in [0.3, 0.4) is 0 Å². The van der Waals surface area contributed by atoms with E-state index in [-0.39, 0.29) is 50.6 Å². The van der Waals surface area contributed by atoms with Crippen molar-refractivity contribution in [2.75, 3.05) is 42.5 Å². The molecule has 0 aliphatic carbocycles. The van der Waals surface area contributed by atoms with Crippen LogP contribution in [-0.2, 0) is 11.3 Å². The van der Waals surface area contributed by atoms with Gasteiger partial charge in [0.1, 0.15) is 11.8 Å². The highest BCUT2D eigenvalue weighted by molar-refractivity contribution is 5.90. The number of primary amides is 1. The number of cyclic esters (lactones) is 1. The second-order valence-electron chi connectivity index (χ2n) is 6.88. The summed E-state index contributed by atoms with van der Waals surface area (Å²) in [6.45, 7) is 1.31. The Morgan fingerprint density at radius 2 is 2.03 bits per heavy atom. The Hall–Kier alpha value is -3.48. The standard InChI is InChI=1S/C17H20F2N8O3/c18-13-7-11(26-10-12(30-17(26)29)9-25-4-1-21-23-25)8-14(19)15(13)24-3-2-22-27(6-5-24)16(20)28/h1,4,7-8,12,22H,2-3,5-6,9-10H2,(H2,20,28)/t12-/m0/s1. The zero-order valence-electron chi connectivity index (χ0n) is 15.9. The second-order valence-corrected chi connectivity index (χ2v) is 6.88. The number of hydrazine groups is 1. The van der Waals surface area contributed by atoms with Gasteiger partial charge in [-0.25, -0.2) is 28.5 Å². The van der Waals surface area contributed by atoms with Gasteiger partial charge in [-0.15, -0.1) is 5.10 Å². The topological polar surface area (TPSA) is 122 Å². The van der Waals surface area contributed by atoms with Gasteiger partial charge in [0.2, 0.25) is 0 Å². The minimum absolute atomic E-state index is 0.0616. The fourth-order valence-corrected chi connectivity index (χ4v) is 3.52. The number of nitrogens with one attached hydrogen (secondary N) is 1. The van der Waals surface area contributed by atoms with Crippen molar-refractivity contribution in [1.82, 2.24) is 25.4 Å². The zero-order chi connectivity index (χ0) is 21.3. The lowest BCUT2D eigenvalue weighted by atomic mass is 10.2. The van der Waals surface area contributed by atoms with Gasteiger partial charge in [0.25, 0.3) is 0 Å². The largest absolute Gasteiger partial charge is 0.442 e. The molecular weight excluding hydrogens is 402 g/mol. The fraction of sp³-hybridized carbons (Fsp3) is 0.412. The number of ether oxygens (including phenoxy) is 1. The van der Waals surface area contributed by atoms with Crippen LogP contribution in [0.4, 0.5) is 29.7 Å². The summed E-state index contributed by atoms with van der Waals surface area (Å²) in [5.74, 6) is -1.63. The predicted molar refractivity (Wildman–Crippen MR) is 101 cm³/mol. The number of anilines is 2. The van der Waals surface area contributed by atoms with E-state index in [1.165, 1.54) is 25.7 Å². The van der Waals surface area contributed by atoms with Gasteiger partial charge >= 0.3 is 12.1 Å². The van der Waals surface area contributed by atoms with Crippen molar-refractivity contribution in [2.45, 2.75) is 12.6 Å². The van der Waals surface area contributed by atoms with E-state index in [1.807, 2.05) is 0 Å². The summed E-state index contributed by atoms with van der Waals surface area (Å²) in [6.07, 6.45) is 1.91. The number of benzene rings is 1. The van der Waals surface area contributed by atoms with Crippen LogP contribution in [0.5, 0.6) is 0 Å². The van der Waals surface area contributed by atoms with E-state index in [1.54, 1.807) is 6.20 Å². The molecule has 11 nitrogen and oxygen atoms in total. The average Bonchev–Trinajstić information content (AvgIpc) is 3.25. The second kappa shape index (κ2) is 8.10. The van der Waals surface area contributed by atoms with Crippen molar-refractivity contribution in [3.63, 3.8) is 0 Å². The van der Waals surface area contributed by atoms with Gasteiger partial charge in [-0.3, -0.25) is 9.91 Å². The molecule has 2 fully saturated rings. The van der Waals surface area contributed by atoms with Crippen molar-refractivity contribution in [3.8, 4) is 0 Å². The molecule has 1 atom stereocenters. The number of aromatic nitrogens is 3. The highest BCUT2D eigenvalue weighted by Gasteiger charge is 2.34. The molecule has 0 saturated carbocycles. The van der Waals surface area contributed by atoms with Crippen LogP contribution in [0.25, 0.3) is 0 Å². The third-order valence-electron chi connectivity index (χ3n) is 4.91. The Morgan fingerprint density at radius 3 is 2.70 bits per heavy atom. The van der Waals surface area contributed by atoms with Crippen LogP contribution in [0.15, 0.2) is 24.5 Å². The van der Waals surface area contributed by atoms with Gasteiger partial charge in [0.05, 0.1) is 31.5 Å². The Kier molecular flexibility index (Phi) is 5.35. The van der Waals surface area contributed by atoms with Gasteiger partial charge in [-0.05, 0) is 0 Å². The maximum atomic E-state index is 14.9. The molecule has 2 saturated heterocycles. The first-order valence-corrected chi connectivity index (χ1v) is 9.29. The number of halogens is 2. The molecule has 30 heavy (non-hydrogen) atoms. The molecule has 2 aliphatic heterocycles. The van der Waals surface area contributed by atoms with Crippen molar-refractivity contribution in [2.24, 2.45) is 5.73 Å². The maximum Gasteiger partial charge on any atom is 0.414 e. The van der Waals surface area contributed by atoms with E-state index in [0.717, 1.165) is 12.1 Å². The number of carbonyl (C=O) groups is 2. The van der Waals surface area contributed by atoms with Gasteiger partial charge in [-0.1, -0.05) is 5.21 Å². The van der Waals surface area contributed by atoms with E-state index in [9.17, 15) is 18.4 Å². The molecule has 1 aromatic heterocycles. The van der Waals surface area contributed by atoms with E-state index in [2.05, 4.69) is 15.7 Å². The summed E-state index contributed by atoms with van der Waals surface area (Å²) in [5, 5.41) is 8.69. The quantitative estimate of drug-likeness (QED) is 0.726. The number of urea groups is 1. The molecule has 3 heterocycles. The molecule has 3 N–H and O–H groups in total.